The van der Waals surface area contributed by atoms with Gasteiger partial charge in [0.15, 0.2) is 11.5 Å². The van der Waals surface area contributed by atoms with Crippen LogP contribution in [0.2, 0.25) is 0 Å². The van der Waals surface area contributed by atoms with Crippen LogP contribution in [0.5, 0.6) is 0 Å². The van der Waals surface area contributed by atoms with Gasteiger partial charge in [0, 0.05) is 18.8 Å². The quantitative estimate of drug-likeness (QED) is 0.422. The van der Waals surface area contributed by atoms with Gasteiger partial charge in [0.05, 0.1) is 19.8 Å². The Bertz CT molecular complexity index is 699. The largest absolute Gasteiger partial charge is 0.482 e. The topological polar surface area (TPSA) is 105 Å². The van der Waals surface area contributed by atoms with E-state index in [0.717, 1.165) is 5.56 Å². The molecule has 0 spiro atoms. The van der Waals surface area contributed by atoms with Gasteiger partial charge < -0.3 is 24.3 Å². The molecule has 0 aliphatic carbocycles. The number of amides is 1. The van der Waals surface area contributed by atoms with Crippen LogP contribution in [0.3, 0.4) is 0 Å². The minimum absolute atomic E-state index is 0.0308. The molecule has 0 aromatic heterocycles. The molecule has 1 heterocycles. The SMILES string of the molecule is O=CCOCCOCCNC(=O)C1=C(OCc2ccccc2)C(=O)C=C[N]1. The third-order valence-corrected chi connectivity index (χ3v) is 3.40. The summed E-state index contributed by atoms with van der Waals surface area (Å²) in [5.74, 6) is -1.01. The maximum atomic E-state index is 12.3. The lowest BCUT2D eigenvalue weighted by molar-refractivity contribution is -0.120. The molecule has 0 bridgehead atoms. The number of nitrogens with zero attached hydrogens (tertiary/aromatic N) is 1. The van der Waals surface area contributed by atoms with Crippen molar-refractivity contribution in [3.63, 3.8) is 0 Å². The molecule has 1 aromatic rings. The van der Waals surface area contributed by atoms with E-state index in [2.05, 4.69) is 10.6 Å². The van der Waals surface area contributed by atoms with Crippen molar-refractivity contribution in [3.8, 4) is 0 Å². The van der Waals surface area contributed by atoms with Crippen LogP contribution in [-0.2, 0) is 35.2 Å². The van der Waals surface area contributed by atoms with Crippen LogP contribution in [0.15, 0.2) is 54.1 Å². The Morgan fingerprint density at radius 2 is 1.89 bits per heavy atom. The summed E-state index contributed by atoms with van der Waals surface area (Å²) in [6.45, 7) is 1.28. The van der Waals surface area contributed by atoms with Crippen molar-refractivity contribution in [3.05, 3.63) is 59.6 Å². The Labute approximate surface area is 157 Å². The van der Waals surface area contributed by atoms with Gasteiger partial charge in [-0.05, 0) is 5.56 Å². The zero-order chi connectivity index (χ0) is 19.3. The summed E-state index contributed by atoms with van der Waals surface area (Å²) < 4.78 is 15.7. The van der Waals surface area contributed by atoms with Gasteiger partial charge in [0.2, 0.25) is 5.78 Å². The van der Waals surface area contributed by atoms with E-state index in [1.165, 1.54) is 12.3 Å². The Morgan fingerprint density at radius 3 is 2.67 bits per heavy atom. The molecule has 0 atom stereocenters. The molecule has 8 heteroatoms. The van der Waals surface area contributed by atoms with E-state index in [1.807, 2.05) is 30.3 Å². The molecule has 0 unspecified atom stereocenters. The summed E-state index contributed by atoms with van der Waals surface area (Å²) in [6.07, 6.45) is 3.18. The zero-order valence-corrected chi connectivity index (χ0v) is 14.8. The summed E-state index contributed by atoms with van der Waals surface area (Å²) in [4.78, 5) is 34.4. The normalized spacial score (nSPS) is 13.3. The summed E-state index contributed by atoms with van der Waals surface area (Å²) in [5.41, 5.74) is 0.810. The molecule has 1 aromatic carbocycles. The molecular weight excluding hydrogens is 352 g/mol. The predicted molar refractivity (Wildman–Crippen MR) is 95.2 cm³/mol. The van der Waals surface area contributed by atoms with Crippen molar-refractivity contribution >= 4 is 18.0 Å². The minimum Gasteiger partial charge on any atom is -0.482 e. The van der Waals surface area contributed by atoms with Crippen LogP contribution in [0.1, 0.15) is 5.56 Å². The van der Waals surface area contributed by atoms with Crippen molar-refractivity contribution in [2.24, 2.45) is 0 Å². The maximum absolute atomic E-state index is 12.3. The number of allylic oxidation sites excluding steroid dienone is 1. The average Bonchev–Trinajstić information content (AvgIpc) is 2.69. The highest BCUT2D eigenvalue weighted by atomic mass is 16.5. The fraction of sp³-hybridized carbons (Fsp3) is 0.316. The first kappa shape index (κ1) is 20.3. The second-order valence-corrected chi connectivity index (χ2v) is 5.37. The number of rotatable bonds is 12. The Kier molecular flexibility index (Phi) is 8.75. The fourth-order valence-electron chi connectivity index (χ4n) is 2.13. The zero-order valence-electron chi connectivity index (χ0n) is 14.8. The molecule has 1 aliphatic heterocycles. The smallest absolute Gasteiger partial charge is 0.273 e. The standard InChI is InChI=1S/C19H21N2O6/c22-9-11-26-13-12-25-10-8-21-19(24)17-18(16(23)6-7-20-17)27-14-15-4-2-1-3-5-15/h1-7,9H,8,10-14H2,(H,21,24). The third-order valence-electron chi connectivity index (χ3n) is 3.40. The highest BCUT2D eigenvalue weighted by molar-refractivity contribution is 6.10. The number of carbonyl (C=O) groups is 3. The van der Waals surface area contributed by atoms with E-state index < -0.39 is 11.7 Å². The lowest BCUT2D eigenvalue weighted by atomic mass is 10.2. The predicted octanol–water partition coefficient (Wildman–Crippen LogP) is 0.464. The van der Waals surface area contributed by atoms with E-state index in [-0.39, 0.29) is 37.8 Å². The molecule has 8 nitrogen and oxygen atoms in total. The highest BCUT2D eigenvalue weighted by Gasteiger charge is 2.25. The number of carbonyl (C=O) groups excluding carboxylic acids is 3. The molecule has 27 heavy (non-hydrogen) atoms. The molecule has 0 fully saturated rings. The number of benzene rings is 1. The first-order chi connectivity index (χ1) is 13.2. The molecule has 2 rings (SSSR count). The van der Waals surface area contributed by atoms with E-state index in [4.69, 9.17) is 14.2 Å². The summed E-state index contributed by atoms with van der Waals surface area (Å²) >= 11 is 0. The maximum Gasteiger partial charge on any atom is 0.273 e. The van der Waals surface area contributed by atoms with Crippen LogP contribution >= 0.6 is 0 Å². The molecule has 0 saturated heterocycles. The average molecular weight is 373 g/mol. The lowest BCUT2D eigenvalue weighted by Gasteiger charge is -2.16. The van der Waals surface area contributed by atoms with Crippen molar-refractivity contribution < 1.29 is 28.6 Å². The number of ketones is 1. The van der Waals surface area contributed by atoms with Gasteiger partial charge in [0.25, 0.3) is 5.91 Å². The van der Waals surface area contributed by atoms with Gasteiger partial charge in [-0.2, -0.15) is 0 Å². The molecule has 143 valence electrons. The number of nitrogens with one attached hydrogen (secondary N) is 1. The van der Waals surface area contributed by atoms with Crippen molar-refractivity contribution in [1.29, 1.82) is 0 Å². The third kappa shape index (κ3) is 7.04. The van der Waals surface area contributed by atoms with Crippen molar-refractivity contribution in [1.82, 2.24) is 10.6 Å². The highest BCUT2D eigenvalue weighted by Crippen LogP contribution is 2.15. The number of ether oxygens (including phenoxy) is 3. The van der Waals surface area contributed by atoms with E-state index >= 15 is 0 Å². The van der Waals surface area contributed by atoms with E-state index in [9.17, 15) is 14.4 Å². The Balaban J connectivity index is 1.81. The van der Waals surface area contributed by atoms with Crippen LogP contribution in [0.25, 0.3) is 0 Å². The number of hydrogen-bond donors (Lipinski definition) is 1. The van der Waals surface area contributed by atoms with Crippen molar-refractivity contribution in [2.75, 3.05) is 33.0 Å². The van der Waals surface area contributed by atoms with Gasteiger partial charge in [-0.3, -0.25) is 9.59 Å². The Hall–Kier alpha value is -2.97. The number of hydrogen-bond acceptors (Lipinski definition) is 6. The molecule has 1 radical (unpaired) electrons. The monoisotopic (exact) mass is 373 g/mol. The van der Waals surface area contributed by atoms with Gasteiger partial charge in [-0.1, -0.05) is 30.3 Å². The van der Waals surface area contributed by atoms with Crippen molar-refractivity contribution in [2.45, 2.75) is 6.61 Å². The molecular formula is C19H21N2O6. The molecule has 0 saturated carbocycles. The van der Waals surface area contributed by atoms with Gasteiger partial charge in [-0.25, -0.2) is 5.32 Å². The second-order valence-electron chi connectivity index (χ2n) is 5.37. The van der Waals surface area contributed by atoms with Crippen LogP contribution in [0.4, 0.5) is 0 Å². The van der Waals surface area contributed by atoms with E-state index in [0.29, 0.717) is 19.5 Å². The van der Waals surface area contributed by atoms with Crippen LogP contribution < -0.4 is 10.6 Å². The first-order valence-electron chi connectivity index (χ1n) is 8.42. The van der Waals surface area contributed by atoms with Gasteiger partial charge in [-0.15, -0.1) is 0 Å². The second kappa shape index (κ2) is 11.6. The minimum atomic E-state index is -0.517. The first-order valence-corrected chi connectivity index (χ1v) is 8.42. The summed E-state index contributed by atoms with van der Waals surface area (Å²) in [7, 11) is 0. The van der Waals surface area contributed by atoms with Gasteiger partial charge >= 0.3 is 0 Å². The van der Waals surface area contributed by atoms with Crippen LogP contribution in [0, 0.1) is 0 Å². The summed E-state index contributed by atoms with van der Waals surface area (Å²) in [5, 5.41) is 6.59. The van der Waals surface area contributed by atoms with Crippen LogP contribution in [-0.4, -0.2) is 50.9 Å². The molecule has 1 amide bonds. The fourth-order valence-corrected chi connectivity index (χ4v) is 2.13. The Morgan fingerprint density at radius 1 is 1.11 bits per heavy atom. The molecule has 1 aliphatic rings. The van der Waals surface area contributed by atoms with E-state index in [1.54, 1.807) is 0 Å². The van der Waals surface area contributed by atoms with Gasteiger partial charge in [0.1, 0.15) is 19.5 Å². The molecule has 1 N–H and O–H groups in total. The lowest BCUT2D eigenvalue weighted by Crippen LogP contribution is -2.34. The number of aldehydes is 1. The summed E-state index contributed by atoms with van der Waals surface area (Å²) in [6, 6.07) is 9.31.